The van der Waals surface area contributed by atoms with Gasteiger partial charge in [0.1, 0.15) is 0 Å². The van der Waals surface area contributed by atoms with E-state index in [0.29, 0.717) is 6.04 Å². The van der Waals surface area contributed by atoms with Crippen molar-refractivity contribution < 1.29 is 0 Å². The molecular weight excluding hydrogens is 274 g/mol. The SMILES string of the molecule is c1cc(SC2CCCC2)ccc1NC1CCCCCCC1. The molecular formula is C19H29NS. The van der Waals surface area contributed by atoms with Crippen molar-refractivity contribution in [1.29, 1.82) is 0 Å². The molecule has 0 radical (unpaired) electrons. The van der Waals surface area contributed by atoms with Crippen LogP contribution in [0.15, 0.2) is 29.2 Å². The molecule has 0 amide bonds. The molecule has 2 fully saturated rings. The van der Waals surface area contributed by atoms with Gasteiger partial charge in [0.05, 0.1) is 0 Å². The highest BCUT2D eigenvalue weighted by Gasteiger charge is 2.16. The summed E-state index contributed by atoms with van der Waals surface area (Å²) in [6.45, 7) is 0. The third kappa shape index (κ3) is 4.95. The number of rotatable bonds is 4. The number of nitrogens with one attached hydrogen (secondary N) is 1. The van der Waals surface area contributed by atoms with Crippen LogP contribution in [0.1, 0.15) is 70.6 Å². The van der Waals surface area contributed by atoms with E-state index in [1.165, 1.54) is 81.2 Å². The summed E-state index contributed by atoms with van der Waals surface area (Å²) in [7, 11) is 0. The summed E-state index contributed by atoms with van der Waals surface area (Å²) in [5.41, 5.74) is 1.32. The van der Waals surface area contributed by atoms with Crippen LogP contribution < -0.4 is 5.32 Å². The summed E-state index contributed by atoms with van der Waals surface area (Å²) in [5, 5.41) is 4.63. The van der Waals surface area contributed by atoms with Gasteiger partial charge in [0, 0.05) is 21.9 Å². The predicted octanol–water partition coefficient (Wildman–Crippen LogP) is 6.25. The second-order valence-electron chi connectivity index (χ2n) is 6.74. The van der Waals surface area contributed by atoms with Crippen molar-refractivity contribution in [2.75, 3.05) is 5.32 Å². The Balaban J connectivity index is 1.50. The fourth-order valence-electron chi connectivity index (χ4n) is 3.66. The Hall–Kier alpha value is -0.630. The van der Waals surface area contributed by atoms with Gasteiger partial charge in [-0.05, 0) is 49.9 Å². The van der Waals surface area contributed by atoms with Crippen molar-refractivity contribution in [3.63, 3.8) is 0 Å². The summed E-state index contributed by atoms with van der Waals surface area (Å²) >= 11 is 2.08. The van der Waals surface area contributed by atoms with Gasteiger partial charge in [0.15, 0.2) is 0 Å². The number of benzene rings is 1. The van der Waals surface area contributed by atoms with Gasteiger partial charge in [-0.3, -0.25) is 0 Å². The molecule has 0 heterocycles. The third-order valence-corrected chi connectivity index (χ3v) is 6.28. The molecule has 0 aromatic heterocycles. The monoisotopic (exact) mass is 303 g/mol. The fraction of sp³-hybridized carbons (Fsp3) is 0.684. The summed E-state index contributed by atoms with van der Waals surface area (Å²) in [4.78, 5) is 1.45. The molecule has 3 rings (SSSR count). The molecule has 2 heteroatoms. The van der Waals surface area contributed by atoms with E-state index < -0.39 is 0 Å². The Morgan fingerprint density at radius 1 is 0.714 bits per heavy atom. The van der Waals surface area contributed by atoms with Gasteiger partial charge in [0.2, 0.25) is 0 Å². The lowest BCUT2D eigenvalue weighted by molar-refractivity contribution is 0.471. The lowest BCUT2D eigenvalue weighted by Crippen LogP contribution is -2.20. The van der Waals surface area contributed by atoms with E-state index in [4.69, 9.17) is 0 Å². The van der Waals surface area contributed by atoms with E-state index in [-0.39, 0.29) is 0 Å². The lowest BCUT2D eigenvalue weighted by Gasteiger charge is -2.22. The Bertz CT molecular complexity index is 400. The molecule has 2 aliphatic carbocycles. The average Bonchev–Trinajstić information content (AvgIpc) is 2.97. The van der Waals surface area contributed by atoms with Crippen molar-refractivity contribution in [2.24, 2.45) is 0 Å². The molecule has 0 atom stereocenters. The van der Waals surface area contributed by atoms with E-state index in [0.717, 1.165) is 5.25 Å². The van der Waals surface area contributed by atoms with Crippen molar-refractivity contribution in [2.45, 2.75) is 86.8 Å². The molecule has 0 unspecified atom stereocenters. The molecule has 116 valence electrons. The van der Waals surface area contributed by atoms with Gasteiger partial charge in [-0.1, -0.05) is 44.9 Å². The predicted molar refractivity (Wildman–Crippen MR) is 94.3 cm³/mol. The number of thioether (sulfide) groups is 1. The van der Waals surface area contributed by atoms with Crippen molar-refractivity contribution in [1.82, 2.24) is 0 Å². The van der Waals surface area contributed by atoms with Gasteiger partial charge >= 0.3 is 0 Å². The van der Waals surface area contributed by atoms with Crippen molar-refractivity contribution in [3.05, 3.63) is 24.3 Å². The van der Waals surface area contributed by atoms with Crippen LogP contribution >= 0.6 is 11.8 Å². The van der Waals surface area contributed by atoms with E-state index in [1.54, 1.807) is 0 Å². The van der Waals surface area contributed by atoms with E-state index in [2.05, 4.69) is 41.3 Å². The first-order valence-corrected chi connectivity index (χ1v) is 9.81. The summed E-state index contributed by atoms with van der Waals surface area (Å²) in [6.07, 6.45) is 15.5. The Morgan fingerprint density at radius 2 is 1.29 bits per heavy atom. The molecule has 2 saturated carbocycles. The van der Waals surface area contributed by atoms with Gasteiger partial charge in [-0.2, -0.15) is 0 Å². The molecule has 0 aliphatic heterocycles. The van der Waals surface area contributed by atoms with E-state index in [9.17, 15) is 0 Å². The molecule has 0 bridgehead atoms. The van der Waals surface area contributed by atoms with Crippen LogP contribution in [0.3, 0.4) is 0 Å². The second kappa shape index (κ2) is 8.12. The Kier molecular flexibility index (Phi) is 5.91. The Morgan fingerprint density at radius 3 is 1.95 bits per heavy atom. The van der Waals surface area contributed by atoms with E-state index in [1.807, 2.05) is 0 Å². The highest BCUT2D eigenvalue weighted by Crippen LogP contribution is 2.35. The minimum absolute atomic E-state index is 0.693. The van der Waals surface area contributed by atoms with Crippen LogP contribution in [0.2, 0.25) is 0 Å². The minimum atomic E-state index is 0.693. The maximum Gasteiger partial charge on any atom is 0.0343 e. The van der Waals surface area contributed by atoms with Gasteiger partial charge in [-0.25, -0.2) is 0 Å². The zero-order valence-electron chi connectivity index (χ0n) is 13.2. The van der Waals surface area contributed by atoms with Crippen molar-refractivity contribution in [3.8, 4) is 0 Å². The van der Waals surface area contributed by atoms with Crippen LogP contribution in [0.5, 0.6) is 0 Å². The zero-order valence-corrected chi connectivity index (χ0v) is 14.0. The first-order valence-electron chi connectivity index (χ1n) is 8.93. The normalized spacial score (nSPS) is 21.9. The molecule has 21 heavy (non-hydrogen) atoms. The smallest absolute Gasteiger partial charge is 0.0343 e. The number of anilines is 1. The van der Waals surface area contributed by atoms with Crippen LogP contribution in [0.4, 0.5) is 5.69 Å². The summed E-state index contributed by atoms with van der Waals surface area (Å²) in [6, 6.07) is 9.90. The quantitative estimate of drug-likeness (QED) is 0.706. The average molecular weight is 304 g/mol. The first-order chi connectivity index (χ1) is 10.4. The topological polar surface area (TPSA) is 12.0 Å². The lowest BCUT2D eigenvalue weighted by atomic mass is 9.96. The first kappa shape index (κ1) is 15.3. The second-order valence-corrected chi connectivity index (χ2v) is 8.11. The molecule has 1 nitrogen and oxygen atoms in total. The van der Waals surface area contributed by atoms with Gasteiger partial charge < -0.3 is 5.32 Å². The molecule has 0 spiro atoms. The third-order valence-electron chi connectivity index (χ3n) is 4.94. The maximum atomic E-state index is 3.76. The Labute approximate surface area is 134 Å². The van der Waals surface area contributed by atoms with Crippen LogP contribution in [-0.4, -0.2) is 11.3 Å². The van der Waals surface area contributed by atoms with Crippen LogP contribution in [0, 0.1) is 0 Å². The van der Waals surface area contributed by atoms with Gasteiger partial charge in [-0.15, -0.1) is 11.8 Å². The highest BCUT2D eigenvalue weighted by molar-refractivity contribution is 8.00. The van der Waals surface area contributed by atoms with Crippen LogP contribution in [-0.2, 0) is 0 Å². The largest absolute Gasteiger partial charge is 0.382 e. The minimum Gasteiger partial charge on any atom is -0.382 e. The molecule has 1 N–H and O–H groups in total. The molecule has 2 aliphatic rings. The molecule has 1 aromatic carbocycles. The van der Waals surface area contributed by atoms with Crippen molar-refractivity contribution >= 4 is 17.4 Å². The highest BCUT2D eigenvalue weighted by atomic mass is 32.2. The maximum absolute atomic E-state index is 3.76. The summed E-state index contributed by atoms with van der Waals surface area (Å²) < 4.78 is 0. The molecule has 1 aromatic rings. The number of hydrogen-bond donors (Lipinski definition) is 1. The fourth-order valence-corrected chi connectivity index (χ4v) is 4.91. The standard InChI is InChI=1S/C19H29NS/c1-2-4-8-16(9-5-3-1)20-17-12-14-19(15-13-17)21-18-10-6-7-11-18/h12-16,18,20H,1-11H2. The van der Waals surface area contributed by atoms with E-state index >= 15 is 0 Å². The summed E-state index contributed by atoms with van der Waals surface area (Å²) in [5.74, 6) is 0. The number of hydrogen-bond acceptors (Lipinski definition) is 2. The zero-order chi connectivity index (χ0) is 14.3. The van der Waals surface area contributed by atoms with Crippen LogP contribution in [0.25, 0.3) is 0 Å². The van der Waals surface area contributed by atoms with Gasteiger partial charge in [0.25, 0.3) is 0 Å². The molecule has 0 saturated heterocycles.